The maximum absolute atomic E-state index is 15.3. The summed E-state index contributed by atoms with van der Waals surface area (Å²) in [5.74, 6) is -0.266. The maximum atomic E-state index is 15.3. The Bertz CT molecular complexity index is 1500. The van der Waals surface area contributed by atoms with Crippen LogP contribution in [0, 0.1) is 11.6 Å². The molecule has 10 nitrogen and oxygen atoms in total. The van der Waals surface area contributed by atoms with Gasteiger partial charge >= 0.3 is 6.01 Å². The summed E-state index contributed by atoms with van der Waals surface area (Å²) in [6.07, 6.45) is 6.15. The highest BCUT2D eigenvalue weighted by Crippen LogP contribution is 2.34. The largest absolute Gasteiger partial charge is 0.339 e. The first kappa shape index (κ1) is 25.2. The maximum Gasteiger partial charge on any atom is 0.324 e. The molecule has 6 rings (SSSR count). The van der Waals surface area contributed by atoms with Crippen LogP contribution in [0.2, 0.25) is 0 Å². The van der Waals surface area contributed by atoms with E-state index in [0.29, 0.717) is 43.7 Å². The molecule has 2 aliphatic heterocycles. The molecule has 12 heteroatoms. The molecule has 4 aromatic rings. The van der Waals surface area contributed by atoms with Crippen molar-refractivity contribution < 1.29 is 18.1 Å². The second kappa shape index (κ2) is 10.2. The van der Waals surface area contributed by atoms with Crippen LogP contribution in [0.15, 0.2) is 35.2 Å². The molecular weight excluding hydrogens is 506 g/mol. The number of halogens is 2. The van der Waals surface area contributed by atoms with Crippen LogP contribution in [0.5, 0.6) is 0 Å². The Balaban J connectivity index is 1.20. The van der Waals surface area contributed by atoms with E-state index in [2.05, 4.69) is 25.4 Å². The minimum absolute atomic E-state index is 0.0103. The van der Waals surface area contributed by atoms with E-state index in [1.54, 1.807) is 11.0 Å². The van der Waals surface area contributed by atoms with Gasteiger partial charge in [-0.2, -0.15) is 4.98 Å². The zero-order valence-electron chi connectivity index (χ0n) is 21.9. The number of aromatic nitrogens is 5. The van der Waals surface area contributed by atoms with Gasteiger partial charge in [-0.15, -0.1) is 0 Å². The Kier molecular flexibility index (Phi) is 6.61. The Morgan fingerprint density at radius 2 is 1.85 bits per heavy atom. The normalized spacial score (nSPS) is 16.5. The van der Waals surface area contributed by atoms with Crippen LogP contribution in [0.3, 0.4) is 0 Å². The second-order valence-electron chi connectivity index (χ2n) is 10.4. The highest BCUT2D eigenvalue weighted by atomic mass is 19.1. The predicted octanol–water partition coefficient (Wildman–Crippen LogP) is 5.04. The van der Waals surface area contributed by atoms with Crippen molar-refractivity contribution >= 4 is 34.5 Å². The highest BCUT2D eigenvalue weighted by molar-refractivity contribution is 5.95. The third-order valence-electron chi connectivity index (χ3n) is 7.50. The molecule has 2 saturated heterocycles. The van der Waals surface area contributed by atoms with E-state index >= 15 is 8.78 Å². The van der Waals surface area contributed by atoms with Gasteiger partial charge in [0.2, 0.25) is 0 Å². The second-order valence-corrected chi connectivity index (χ2v) is 10.4. The molecule has 39 heavy (non-hydrogen) atoms. The van der Waals surface area contributed by atoms with Gasteiger partial charge in [-0.1, -0.05) is 19.0 Å². The molecule has 1 amide bonds. The van der Waals surface area contributed by atoms with Crippen LogP contribution in [0.1, 0.15) is 67.7 Å². The molecule has 204 valence electrons. The van der Waals surface area contributed by atoms with Crippen molar-refractivity contribution in [3.05, 3.63) is 53.7 Å². The summed E-state index contributed by atoms with van der Waals surface area (Å²) in [4.78, 5) is 29.4. The molecule has 3 aromatic heterocycles. The number of carbonyl (C=O) groups excluding carboxylic acids is 1. The molecule has 5 heterocycles. The standard InChI is InChI=1S/C27H30F2N8O2/c1-16(2)23-33-27(39-34-23)36-11-7-18(8-12-36)37-14-20(29)22-24(30-15-31-25(22)37)32-21-6-5-17(13-19(21)28)26(38)35-9-3-4-10-35/h5-6,13-16,18H,3-4,7-12H2,1-2H3,(H,30,31,32). The van der Waals surface area contributed by atoms with Gasteiger partial charge in [-0.05, 0) is 43.9 Å². The first-order valence-electron chi connectivity index (χ1n) is 13.3. The third kappa shape index (κ3) is 4.79. The van der Waals surface area contributed by atoms with Gasteiger partial charge in [-0.25, -0.2) is 18.7 Å². The molecule has 0 bridgehead atoms. The lowest BCUT2D eigenvalue weighted by Gasteiger charge is -2.31. The van der Waals surface area contributed by atoms with Gasteiger partial charge < -0.3 is 24.2 Å². The minimum Gasteiger partial charge on any atom is -0.339 e. The summed E-state index contributed by atoms with van der Waals surface area (Å²) >= 11 is 0. The number of anilines is 3. The molecule has 2 aliphatic rings. The summed E-state index contributed by atoms with van der Waals surface area (Å²) in [7, 11) is 0. The first-order chi connectivity index (χ1) is 18.9. The number of nitrogens with one attached hydrogen (secondary N) is 1. The van der Waals surface area contributed by atoms with Crippen molar-refractivity contribution in [1.29, 1.82) is 0 Å². The number of hydrogen-bond acceptors (Lipinski definition) is 8. The fraction of sp³-hybridized carbons (Fsp3) is 0.444. The molecule has 0 saturated carbocycles. The van der Waals surface area contributed by atoms with E-state index in [-0.39, 0.29) is 40.3 Å². The lowest BCUT2D eigenvalue weighted by Crippen LogP contribution is -2.34. The smallest absolute Gasteiger partial charge is 0.324 e. The van der Waals surface area contributed by atoms with Gasteiger partial charge in [0.25, 0.3) is 5.91 Å². The molecule has 0 radical (unpaired) electrons. The van der Waals surface area contributed by atoms with Crippen molar-refractivity contribution in [2.24, 2.45) is 0 Å². The fourth-order valence-electron chi connectivity index (χ4n) is 5.32. The molecule has 0 spiro atoms. The number of likely N-dealkylation sites (tertiary alicyclic amines) is 1. The van der Waals surface area contributed by atoms with Crippen LogP contribution in [0.4, 0.5) is 26.3 Å². The highest BCUT2D eigenvalue weighted by Gasteiger charge is 2.28. The topological polar surface area (TPSA) is 105 Å². The predicted molar refractivity (Wildman–Crippen MR) is 141 cm³/mol. The summed E-state index contributed by atoms with van der Waals surface area (Å²) in [5.41, 5.74) is 0.829. The zero-order chi connectivity index (χ0) is 27.1. The van der Waals surface area contributed by atoms with Crippen molar-refractivity contribution in [3.63, 3.8) is 0 Å². The third-order valence-corrected chi connectivity index (χ3v) is 7.50. The minimum atomic E-state index is -0.610. The number of carbonyl (C=O) groups is 1. The van der Waals surface area contributed by atoms with E-state index in [9.17, 15) is 4.79 Å². The molecule has 0 aliphatic carbocycles. The van der Waals surface area contributed by atoms with E-state index in [1.165, 1.54) is 24.7 Å². The monoisotopic (exact) mass is 536 g/mol. The van der Waals surface area contributed by atoms with Gasteiger partial charge in [-0.3, -0.25) is 4.79 Å². The van der Waals surface area contributed by atoms with Gasteiger partial charge in [0.1, 0.15) is 23.6 Å². The first-order valence-corrected chi connectivity index (χ1v) is 13.3. The fourth-order valence-corrected chi connectivity index (χ4v) is 5.32. The van der Waals surface area contributed by atoms with Crippen molar-refractivity contribution in [1.82, 2.24) is 29.6 Å². The molecular formula is C27H30F2N8O2. The average Bonchev–Trinajstić information content (AvgIpc) is 3.71. The number of rotatable bonds is 6. The molecule has 0 unspecified atom stereocenters. The van der Waals surface area contributed by atoms with E-state index in [0.717, 1.165) is 25.7 Å². The van der Waals surface area contributed by atoms with Crippen LogP contribution >= 0.6 is 0 Å². The van der Waals surface area contributed by atoms with Crippen LogP contribution in [-0.4, -0.2) is 61.7 Å². The average molecular weight is 537 g/mol. The van der Waals surface area contributed by atoms with Crippen molar-refractivity contribution in [2.45, 2.75) is 51.5 Å². The lowest BCUT2D eigenvalue weighted by molar-refractivity contribution is 0.0792. The number of nitrogens with zero attached hydrogens (tertiary/aromatic N) is 7. The Morgan fingerprint density at radius 3 is 2.54 bits per heavy atom. The molecule has 0 atom stereocenters. The Morgan fingerprint density at radius 1 is 1.08 bits per heavy atom. The quantitative estimate of drug-likeness (QED) is 0.366. The van der Waals surface area contributed by atoms with Gasteiger partial charge in [0, 0.05) is 49.9 Å². The van der Waals surface area contributed by atoms with Crippen molar-refractivity contribution in [2.75, 3.05) is 36.4 Å². The van der Waals surface area contributed by atoms with Crippen LogP contribution < -0.4 is 10.2 Å². The number of benzene rings is 1. The number of fused-ring (bicyclic) bond motifs is 1. The number of hydrogen-bond donors (Lipinski definition) is 1. The summed E-state index contributed by atoms with van der Waals surface area (Å²) in [5, 5.41) is 7.14. The summed E-state index contributed by atoms with van der Waals surface area (Å²) in [6, 6.07) is 4.79. The summed E-state index contributed by atoms with van der Waals surface area (Å²) in [6.45, 7) is 6.75. The molecule has 1 N–H and O–H groups in total. The van der Waals surface area contributed by atoms with Crippen LogP contribution in [0.25, 0.3) is 11.0 Å². The SMILES string of the molecule is CC(C)c1noc(N2CCC(n3cc(F)c4c(Nc5ccc(C(=O)N6CCCC6)cc5F)ncnc43)CC2)n1. The van der Waals surface area contributed by atoms with Crippen molar-refractivity contribution in [3.8, 4) is 0 Å². The Labute approximate surface area is 224 Å². The lowest BCUT2D eigenvalue weighted by atomic mass is 10.1. The van der Waals surface area contributed by atoms with E-state index in [1.807, 2.05) is 23.3 Å². The van der Waals surface area contributed by atoms with Gasteiger partial charge in [0.15, 0.2) is 11.6 Å². The van der Waals surface area contributed by atoms with E-state index < -0.39 is 11.6 Å². The van der Waals surface area contributed by atoms with Gasteiger partial charge in [0.05, 0.1) is 11.1 Å². The number of piperidine rings is 1. The molecule has 1 aromatic carbocycles. The molecule has 2 fully saturated rings. The van der Waals surface area contributed by atoms with E-state index in [4.69, 9.17) is 4.52 Å². The van der Waals surface area contributed by atoms with Crippen LogP contribution in [-0.2, 0) is 0 Å². The number of amides is 1. The zero-order valence-corrected chi connectivity index (χ0v) is 21.9. The Hall–Kier alpha value is -4.09. The summed E-state index contributed by atoms with van der Waals surface area (Å²) < 4.78 is 37.5.